The summed E-state index contributed by atoms with van der Waals surface area (Å²) in [5.41, 5.74) is 2.36. The number of thiophene rings is 1. The fourth-order valence-electron chi connectivity index (χ4n) is 3.05. The molecule has 0 radical (unpaired) electrons. The van der Waals surface area contributed by atoms with Gasteiger partial charge in [0.15, 0.2) is 5.69 Å². The molecule has 1 saturated heterocycles. The predicted octanol–water partition coefficient (Wildman–Crippen LogP) is 3.10. The molecule has 0 unspecified atom stereocenters. The zero-order valence-electron chi connectivity index (χ0n) is 15.4. The number of aliphatic hydroxyl groups excluding tert-OH is 1. The molecule has 4 rings (SSSR count). The van der Waals surface area contributed by atoms with Crippen molar-refractivity contribution in [1.82, 2.24) is 19.9 Å². The Balaban J connectivity index is 0.00000102. The van der Waals surface area contributed by atoms with Crippen LogP contribution in [0.2, 0.25) is 0 Å². The van der Waals surface area contributed by atoms with Gasteiger partial charge >= 0.3 is 0 Å². The molecule has 2 N–H and O–H groups in total. The van der Waals surface area contributed by atoms with Gasteiger partial charge in [0.2, 0.25) is 5.95 Å². The second-order valence-electron chi connectivity index (χ2n) is 6.18. The predicted molar refractivity (Wildman–Crippen MR) is 107 cm³/mol. The molecular formula is C19H23N5O2S. The molecule has 1 aliphatic rings. The Hall–Kier alpha value is -2.58. The number of carbonyl (C=O) groups is 1. The molecule has 0 saturated carbocycles. The molecule has 0 spiro atoms. The van der Waals surface area contributed by atoms with Crippen molar-refractivity contribution >= 4 is 33.4 Å². The van der Waals surface area contributed by atoms with Gasteiger partial charge in [-0.25, -0.2) is 9.97 Å². The van der Waals surface area contributed by atoms with Crippen molar-refractivity contribution in [3.63, 3.8) is 0 Å². The van der Waals surface area contributed by atoms with Crippen LogP contribution in [0.25, 0.3) is 10.2 Å². The number of hydrogen-bond acceptors (Lipinski definition) is 7. The highest BCUT2D eigenvalue weighted by atomic mass is 32.1. The van der Waals surface area contributed by atoms with Gasteiger partial charge in [-0.15, -0.1) is 11.3 Å². The van der Waals surface area contributed by atoms with E-state index in [4.69, 9.17) is 5.11 Å². The number of aliphatic hydroxyl groups is 1. The lowest BCUT2D eigenvalue weighted by Crippen LogP contribution is -2.28. The summed E-state index contributed by atoms with van der Waals surface area (Å²) in [5, 5.41) is 12.3. The number of rotatable bonds is 4. The highest BCUT2D eigenvalue weighted by molar-refractivity contribution is 7.17. The second kappa shape index (κ2) is 8.88. The molecule has 7 nitrogen and oxygen atoms in total. The number of hydrogen-bond donors (Lipinski definition) is 2. The maximum Gasteiger partial charge on any atom is 0.274 e. The summed E-state index contributed by atoms with van der Waals surface area (Å²) in [6, 6.07) is 5.84. The van der Waals surface area contributed by atoms with E-state index in [2.05, 4.69) is 20.3 Å². The third kappa shape index (κ3) is 4.23. The van der Waals surface area contributed by atoms with Crippen LogP contribution in [-0.4, -0.2) is 51.1 Å². The molecule has 3 aromatic heterocycles. The molecule has 142 valence electrons. The van der Waals surface area contributed by atoms with Gasteiger partial charge in [0.25, 0.3) is 5.91 Å². The highest BCUT2D eigenvalue weighted by Crippen LogP contribution is 2.27. The van der Waals surface area contributed by atoms with Crippen molar-refractivity contribution in [2.75, 3.05) is 25.5 Å². The van der Waals surface area contributed by atoms with Gasteiger partial charge in [-0.05, 0) is 42.8 Å². The van der Waals surface area contributed by atoms with Gasteiger partial charge in [-0.2, -0.15) is 0 Å². The van der Waals surface area contributed by atoms with Crippen LogP contribution in [0.1, 0.15) is 41.9 Å². The van der Waals surface area contributed by atoms with E-state index in [1.54, 1.807) is 6.20 Å². The lowest BCUT2D eigenvalue weighted by Gasteiger charge is -2.17. The van der Waals surface area contributed by atoms with Crippen LogP contribution in [0.3, 0.4) is 0 Å². The topological polar surface area (TPSA) is 91.2 Å². The lowest BCUT2D eigenvalue weighted by atomic mass is 10.1. The summed E-state index contributed by atoms with van der Waals surface area (Å²) < 4.78 is 0.858. The average molecular weight is 385 g/mol. The van der Waals surface area contributed by atoms with Crippen LogP contribution in [0.15, 0.2) is 36.0 Å². The summed E-state index contributed by atoms with van der Waals surface area (Å²) >= 11 is 1.51. The highest BCUT2D eigenvalue weighted by Gasteiger charge is 2.24. The summed E-state index contributed by atoms with van der Waals surface area (Å²) in [5.74, 6) is 0.481. The smallest absolute Gasteiger partial charge is 0.274 e. The molecule has 1 fully saturated rings. The first-order valence-electron chi connectivity index (χ1n) is 8.88. The van der Waals surface area contributed by atoms with E-state index in [0.717, 1.165) is 48.8 Å². The Labute approximate surface area is 162 Å². The number of aromatic nitrogens is 3. The Morgan fingerprint density at radius 2 is 2.04 bits per heavy atom. The minimum Gasteiger partial charge on any atom is -0.400 e. The molecule has 3 aromatic rings. The van der Waals surface area contributed by atoms with Crippen LogP contribution in [-0.2, 0) is 0 Å². The maximum atomic E-state index is 12.9. The third-order valence-corrected chi connectivity index (χ3v) is 5.34. The zero-order chi connectivity index (χ0) is 19.2. The van der Waals surface area contributed by atoms with Crippen LogP contribution in [0, 0.1) is 0 Å². The van der Waals surface area contributed by atoms with Gasteiger partial charge in [0.1, 0.15) is 0 Å². The maximum absolute atomic E-state index is 12.9. The van der Waals surface area contributed by atoms with Crippen molar-refractivity contribution in [2.24, 2.45) is 0 Å². The Morgan fingerprint density at radius 3 is 2.74 bits per heavy atom. The van der Waals surface area contributed by atoms with Gasteiger partial charge in [-0.1, -0.05) is 6.07 Å². The summed E-state index contributed by atoms with van der Waals surface area (Å²) in [6.45, 7) is 3.65. The number of amides is 1. The molecule has 1 atom stereocenters. The van der Waals surface area contributed by atoms with E-state index >= 15 is 0 Å². The molecule has 0 bridgehead atoms. The molecule has 27 heavy (non-hydrogen) atoms. The van der Waals surface area contributed by atoms with E-state index in [9.17, 15) is 4.79 Å². The fraction of sp³-hybridized carbons (Fsp3) is 0.368. The molecule has 0 aromatic carbocycles. The van der Waals surface area contributed by atoms with Crippen LogP contribution in [0.5, 0.6) is 0 Å². The molecule has 8 heteroatoms. The van der Waals surface area contributed by atoms with E-state index < -0.39 is 0 Å². The first-order chi connectivity index (χ1) is 13.2. The number of nitrogens with zero attached hydrogens (tertiary/aromatic N) is 4. The second-order valence-corrected chi connectivity index (χ2v) is 7.10. The Kier molecular flexibility index (Phi) is 6.31. The lowest BCUT2D eigenvalue weighted by molar-refractivity contribution is 0.0789. The number of likely N-dealkylation sites (tertiary alicyclic amines) is 1. The Morgan fingerprint density at radius 1 is 1.26 bits per heavy atom. The molecule has 4 heterocycles. The minimum atomic E-state index is -0.000440. The van der Waals surface area contributed by atoms with Crippen LogP contribution >= 0.6 is 11.3 Å². The zero-order valence-corrected chi connectivity index (χ0v) is 16.2. The standard InChI is InChI=1S/C18H19N5OS.CH4O/c1-12(13-5-4-7-19-11-13)20-18-21-14-6-10-25-16(14)15(22-18)17(24)23-8-2-3-9-23;1-2/h4-7,10-12H,2-3,8-9H2,1H3,(H,20,21,22);2H,1H3/t12-;/m0./s1. The monoisotopic (exact) mass is 385 g/mol. The van der Waals surface area contributed by atoms with Gasteiger partial charge in [-0.3, -0.25) is 9.78 Å². The van der Waals surface area contributed by atoms with Crippen LogP contribution in [0.4, 0.5) is 5.95 Å². The van der Waals surface area contributed by atoms with Gasteiger partial charge < -0.3 is 15.3 Å². The summed E-state index contributed by atoms with van der Waals surface area (Å²) in [6.07, 6.45) is 5.69. The summed E-state index contributed by atoms with van der Waals surface area (Å²) in [4.78, 5) is 28.0. The van der Waals surface area contributed by atoms with E-state index in [-0.39, 0.29) is 11.9 Å². The fourth-order valence-corrected chi connectivity index (χ4v) is 3.86. The van der Waals surface area contributed by atoms with Crippen LogP contribution < -0.4 is 5.32 Å². The van der Waals surface area contributed by atoms with E-state index in [1.807, 2.05) is 41.6 Å². The number of carbonyl (C=O) groups excluding carboxylic acids is 1. The first kappa shape index (κ1) is 19.2. The normalized spacial score (nSPS) is 14.6. The SMILES string of the molecule is CO.C[C@H](Nc1nc(C(=O)N2CCCC2)c2sccc2n1)c1cccnc1. The van der Waals surface area contributed by atoms with Crippen molar-refractivity contribution in [1.29, 1.82) is 0 Å². The quantitative estimate of drug-likeness (QED) is 0.717. The van der Waals surface area contributed by atoms with Crippen molar-refractivity contribution in [2.45, 2.75) is 25.8 Å². The van der Waals surface area contributed by atoms with Crippen molar-refractivity contribution < 1.29 is 9.90 Å². The molecule has 0 aliphatic carbocycles. The van der Waals surface area contributed by atoms with E-state index in [1.165, 1.54) is 11.3 Å². The number of anilines is 1. The number of nitrogens with one attached hydrogen (secondary N) is 1. The van der Waals surface area contributed by atoms with Gasteiger partial charge in [0, 0.05) is 32.6 Å². The van der Waals surface area contributed by atoms with Crippen molar-refractivity contribution in [3.8, 4) is 0 Å². The molecule has 1 aliphatic heterocycles. The Bertz CT molecular complexity index is 894. The first-order valence-corrected chi connectivity index (χ1v) is 9.76. The van der Waals surface area contributed by atoms with Crippen molar-refractivity contribution in [3.05, 3.63) is 47.2 Å². The molecular weight excluding hydrogens is 362 g/mol. The largest absolute Gasteiger partial charge is 0.400 e. The average Bonchev–Trinajstić information content (AvgIpc) is 3.41. The van der Waals surface area contributed by atoms with E-state index in [0.29, 0.717) is 11.6 Å². The van der Waals surface area contributed by atoms with Gasteiger partial charge in [0.05, 0.1) is 16.3 Å². The third-order valence-electron chi connectivity index (χ3n) is 4.43. The molecule has 1 amide bonds. The number of fused-ring (bicyclic) bond motifs is 1. The summed E-state index contributed by atoms with van der Waals surface area (Å²) in [7, 11) is 1.00. The minimum absolute atomic E-state index is 0.000440. The number of pyridine rings is 1.